The second kappa shape index (κ2) is 6.71. The van der Waals surface area contributed by atoms with Crippen molar-refractivity contribution in [3.05, 3.63) is 27.1 Å². The van der Waals surface area contributed by atoms with Crippen molar-refractivity contribution in [2.75, 3.05) is 26.2 Å². The van der Waals surface area contributed by atoms with E-state index in [2.05, 4.69) is 5.32 Å². The molecule has 21 heavy (non-hydrogen) atoms. The summed E-state index contributed by atoms with van der Waals surface area (Å²) in [6.45, 7) is 2.72. The Morgan fingerprint density at radius 3 is 2.62 bits per heavy atom. The zero-order valence-electron chi connectivity index (χ0n) is 11.2. The molecule has 0 amide bonds. The number of alkyl halides is 3. The van der Waals surface area contributed by atoms with Crippen LogP contribution in [0.3, 0.4) is 0 Å². The van der Waals surface area contributed by atoms with Crippen LogP contribution in [-0.4, -0.2) is 42.2 Å². The molecular weight excluding hydrogens is 307 g/mol. The lowest BCUT2D eigenvalue weighted by molar-refractivity contribution is -0.380. The van der Waals surface area contributed by atoms with Crippen LogP contribution in [-0.2, 0) is 0 Å². The van der Waals surface area contributed by atoms with Gasteiger partial charge in [0, 0.05) is 50.1 Å². The molecule has 9 heteroatoms. The Balaban J connectivity index is 2.14. The number of nitrogens with one attached hydrogen (secondary N) is 1. The first-order valence-corrected chi connectivity index (χ1v) is 7.49. The molecule has 0 bridgehead atoms. The van der Waals surface area contributed by atoms with Gasteiger partial charge in [0.15, 0.2) is 0 Å². The van der Waals surface area contributed by atoms with Crippen LogP contribution in [0.2, 0.25) is 0 Å². The molecule has 0 spiro atoms. The Bertz CT molecular complexity index is 486. The third-order valence-electron chi connectivity index (χ3n) is 3.46. The van der Waals surface area contributed by atoms with Gasteiger partial charge in [-0.2, -0.15) is 13.2 Å². The first-order valence-electron chi connectivity index (χ1n) is 6.61. The van der Waals surface area contributed by atoms with Gasteiger partial charge in [0.1, 0.15) is 0 Å². The van der Waals surface area contributed by atoms with Gasteiger partial charge in [-0.25, -0.2) is 0 Å². The van der Waals surface area contributed by atoms with Gasteiger partial charge in [-0.1, -0.05) is 11.3 Å². The topological polar surface area (TPSA) is 58.4 Å². The Labute approximate surface area is 123 Å². The lowest BCUT2D eigenvalue weighted by atomic mass is 10.0. The number of halogens is 3. The van der Waals surface area contributed by atoms with Gasteiger partial charge < -0.3 is 5.32 Å². The summed E-state index contributed by atoms with van der Waals surface area (Å²) in [7, 11) is 0. The summed E-state index contributed by atoms with van der Waals surface area (Å²) >= 11 is 0.961. The monoisotopic (exact) mass is 323 g/mol. The molecule has 1 aromatic rings. The summed E-state index contributed by atoms with van der Waals surface area (Å²) in [6, 6.07) is 0.979. The van der Waals surface area contributed by atoms with E-state index in [9.17, 15) is 23.3 Å². The summed E-state index contributed by atoms with van der Waals surface area (Å²) in [6.07, 6.45) is -5.17. The molecule has 2 heterocycles. The molecule has 1 aliphatic rings. The molecule has 1 aromatic heterocycles. The van der Waals surface area contributed by atoms with Crippen molar-refractivity contribution in [1.29, 1.82) is 0 Å². The average Bonchev–Trinajstić information content (AvgIpc) is 2.89. The van der Waals surface area contributed by atoms with Crippen molar-refractivity contribution in [2.24, 2.45) is 0 Å². The zero-order valence-corrected chi connectivity index (χ0v) is 12.0. The van der Waals surface area contributed by atoms with E-state index >= 15 is 0 Å². The zero-order chi connectivity index (χ0) is 15.5. The van der Waals surface area contributed by atoms with E-state index < -0.39 is 23.6 Å². The number of thiophene rings is 1. The molecule has 1 atom stereocenters. The second-order valence-electron chi connectivity index (χ2n) is 4.93. The highest BCUT2D eigenvalue weighted by Gasteiger charge is 2.32. The molecule has 118 valence electrons. The van der Waals surface area contributed by atoms with Gasteiger partial charge in [0.05, 0.1) is 4.92 Å². The van der Waals surface area contributed by atoms with Crippen LogP contribution in [0.1, 0.15) is 24.4 Å². The maximum atomic E-state index is 12.5. The molecule has 1 saturated heterocycles. The van der Waals surface area contributed by atoms with E-state index in [0.717, 1.165) is 24.4 Å². The van der Waals surface area contributed by atoms with E-state index in [1.54, 1.807) is 5.38 Å². The van der Waals surface area contributed by atoms with Crippen LogP contribution >= 0.6 is 11.3 Å². The smallest absolute Gasteiger partial charge is 0.314 e. The molecule has 5 nitrogen and oxygen atoms in total. The van der Waals surface area contributed by atoms with Crippen molar-refractivity contribution < 1.29 is 18.1 Å². The molecule has 1 N–H and O–H groups in total. The molecule has 1 aliphatic heterocycles. The van der Waals surface area contributed by atoms with Gasteiger partial charge in [-0.3, -0.25) is 15.0 Å². The number of nitro groups is 1. The molecule has 1 fully saturated rings. The normalized spacial score (nSPS) is 18.6. The van der Waals surface area contributed by atoms with E-state index in [0.29, 0.717) is 18.7 Å². The lowest BCUT2D eigenvalue weighted by Crippen LogP contribution is -2.45. The number of nitrogens with zero attached hydrogens (tertiary/aromatic N) is 2. The standard InChI is InChI=1S/C12H16F3N3O2S/c13-12(14,15)2-1-10(17-5-3-16-4-6-17)9-7-11(18(19)20)21-8-9/h7-8,10,16H,1-6H2/t10-/m0/s1. The summed E-state index contributed by atoms with van der Waals surface area (Å²) in [4.78, 5) is 12.2. The Kier molecular flexibility index (Phi) is 5.17. The summed E-state index contributed by atoms with van der Waals surface area (Å²) in [5.41, 5.74) is 0.609. The summed E-state index contributed by atoms with van der Waals surface area (Å²) in [5, 5.41) is 15.5. The maximum Gasteiger partial charge on any atom is 0.389 e. The predicted molar refractivity (Wildman–Crippen MR) is 73.4 cm³/mol. The lowest BCUT2D eigenvalue weighted by Gasteiger charge is -2.34. The maximum absolute atomic E-state index is 12.5. The molecular formula is C12H16F3N3O2S. The molecule has 0 saturated carbocycles. The predicted octanol–water partition coefficient (Wildman–Crippen LogP) is 2.95. The number of rotatable bonds is 5. The summed E-state index contributed by atoms with van der Waals surface area (Å²) in [5.74, 6) is 0. The number of hydrogen-bond donors (Lipinski definition) is 1. The largest absolute Gasteiger partial charge is 0.389 e. The van der Waals surface area contributed by atoms with E-state index in [4.69, 9.17) is 0 Å². The van der Waals surface area contributed by atoms with Crippen molar-refractivity contribution in [3.63, 3.8) is 0 Å². The molecule has 2 rings (SSSR count). The minimum atomic E-state index is -4.21. The third kappa shape index (κ3) is 4.65. The van der Waals surface area contributed by atoms with Crippen molar-refractivity contribution in [1.82, 2.24) is 10.2 Å². The van der Waals surface area contributed by atoms with E-state index in [1.807, 2.05) is 4.90 Å². The van der Waals surface area contributed by atoms with Gasteiger partial charge in [0.2, 0.25) is 0 Å². The van der Waals surface area contributed by atoms with Crippen LogP contribution < -0.4 is 5.32 Å². The SMILES string of the molecule is O=[N+]([O-])c1cc([C@H](CCC(F)(F)F)N2CCNCC2)cs1. The van der Waals surface area contributed by atoms with Crippen LogP contribution in [0.25, 0.3) is 0 Å². The molecule has 0 aromatic carbocycles. The third-order valence-corrected chi connectivity index (χ3v) is 4.36. The highest BCUT2D eigenvalue weighted by Crippen LogP contribution is 2.35. The molecule has 0 aliphatic carbocycles. The fourth-order valence-corrected chi connectivity index (χ4v) is 3.24. The van der Waals surface area contributed by atoms with Gasteiger partial charge >= 0.3 is 11.2 Å². The fraction of sp³-hybridized carbons (Fsp3) is 0.667. The van der Waals surface area contributed by atoms with Crippen LogP contribution in [0.4, 0.5) is 18.2 Å². The van der Waals surface area contributed by atoms with Crippen molar-refractivity contribution in [2.45, 2.75) is 25.1 Å². The Morgan fingerprint density at radius 2 is 2.10 bits per heavy atom. The summed E-state index contributed by atoms with van der Waals surface area (Å²) < 4.78 is 37.5. The van der Waals surface area contributed by atoms with Gasteiger partial charge in [0.25, 0.3) is 0 Å². The second-order valence-corrected chi connectivity index (χ2v) is 5.82. The van der Waals surface area contributed by atoms with Crippen molar-refractivity contribution >= 4 is 16.3 Å². The Hall–Kier alpha value is -1.19. The van der Waals surface area contributed by atoms with Crippen LogP contribution in [0.5, 0.6) is 0 Å². The van der Waals surface area contributed by atoms with Crippen LogP contribution in [0, 0.1) is 10.1 Å². The van der Waals surface area contributed by atoms with Gasteiger partial charge in [-0.15, -0.1) is 0 Å². The minimum absolute atomic E-state index is 0.0304. The Morgan fingerprint density at radius 1 is 1.43 bits per heavy atom. The number of piperazine rings is 1. The molecule has 0 radical (unpaired) electrons. The first kappa shape index (κ1) is 16.2. The highest BCUT2D eigenvalue weighted by atomic mass is 32.1. The first-order chi connectivity index (χ1) is 9.87. The fourth-order valence-electron chi connectivity index (χ4n) is 2.46. The van der Waals surface area contributed by atoms with Crippen LogP contribution in [0.15, 0.2) is 11.4 Å². The quantitative estimate of drug-likeness (QED) is 0.668. The average molecular weight is 323 g/mol. The van der Waals surface area contributed by atoms with Crippen molar-refractivity contribution in [3.8, 4) is 0 Å². The molecule has 0 unspecified atom stereocenters. The number of hydrogen-bond acceptors (Lipinski definition) is 5. The minimum Gasteiger partial charge on any atom is -0.314 e. The van der Waals surface area contributed by atoms with E-state index in [-0.39, 0.29) is 11.4 Å². The van der Waals surface area contributed by atoms with E-state index in [1.165, 1.54) is 6.07 Å². The van der Waals surface area contributed by atoms with Gasteiger partial charge in [-0.05, 0) is 12.0 Å². The highest BCUT2D eigenvalue weighted by molar-refractivity contribution is 7.13.